The Morgan fingerprint density at radius 3 is 2.71 bits per heavy atom. The van der Waals surface area contributed by atoms with E-state index in [1.54, 1.807) is 7.11 Å². The van der Waals surface area contributed by atoms with E-state index in [4.69, 9.17) is 4.74 Å². The van der Waals surface area contributed by atoms with Crippen LogP contribution >= 0.6 is 0 Å². The van der Waals surface area contributed by atoms with Gasteiger partial charge in [-0.15, -0.1) is 0 Å². The summed E-state index contributed by atoms with van der Waals surface area (Å²) in [7, 11) is 1.60. The Labute approximate surface area is 124 Å². The normalized spacial score (nSPS) is 12.0. The molecule has 118 valence electrons. The Morgan fingerprint density at radius 2 is 2.19 bits per heavy atom. The monoisotopic (exact) mass is 297 g/mol. The number of methoxy groups -OCH3 is 1. The maximum absolute atomic E-state index is 11.4. The molecular formula is C13H23N5O3. The summed E-state index contributed by atoms with van der Waals surface area (Å²) in [5, 5.41) is 14.4. The van der Waals surface area contributed by atoms with Crippen LogP contribution in [0.2, 0.25) is 0 Å². The molecule has 0 aromatic carbocycles. The fourth-order valence-corrected chi connectivity index (χ4v) is 2.12. The van der Waals surface area contributed by atoms with Crippen molar-refractivity contribution in [1.82, 2.24) is 9.97 Å². The highest BCUT2D eigenvalue weighted by Gasteiger charge is 2.28. The summed E-state index contributed by atoms with van der Waals surface area (Å²) in [5.41, 5.74) is -0.0873. The largest absolute Gasteiger partial charge is 0.383 e. The molecule has 0 amide bonds. The molecule has 0 saturated heterocycles. The summed E-state index contributed by atoms with van der Waals surface area (Å²) in [4.78, 5) is 21.0. The molecule has 1 rings (SSSR count). The van der Waals surface area contributed by atoms with E-state index in [-0.39, 0.29) is 17.5 Å². The average Bonchev–Trinajstić information content (AvgIpc) is 2.46. The highest BCUT2D eigenvalue weighted by atomic mass is 16.6. The van der Waals surface area contributed by atoms with Crippen LogP contribution in [0, 0.1) is 10.1 Å². The third-order valence-electron chi connectivity index (χ3n) is 3.08. The highest BCUT2D eigenvalue weighted by Crippen LogP contribution is 2.32. The van der Waals surface area contributed by atoms with Crippen LogP contribution in [0.5, 0.6) is 0 Å². The molecule has 0 radical (unpaired) electrons. The standard InChI is InChI=1S/C13H23N5O3/c1-5-7-14-12-11(18(19)20)13(16-9-15-12)17(6-2)10(3)8-21-4/h9-10H,5-8H2,1-4H3,(H,14,15,16). The predicted molar refractivity (Wildman–Crippen MR) is 81.8 cm³/mol. The van der Waals surface area contributed by atoms with Gasteiger partial charge in [0.15, 0.2) is 0 Å². The first-order valence-corrected chi connectivity index (χ1v) is 7.05. The molecule has 1 aromatic rings. The van der Waals surface area contributed by atoms with E-state index < -0.39 is 4.92 Å². The number of hydrogen-bond acceptors (Lipinski definition) is 7. The first-order chi connectivity index (χ1) is 10.1. The number of ether oxygens (including phenoxy) is 1. The van der Waals surface area contributed by atoms with Crippen molar-refractivity contribution in [2.24, 2.45) is 0 Å². The van der Waals surface area contributed by atoms with Crippen molar-refractivity contribution in [1.29, 1.82) is 0 Å². The second-order valence-corrected chi connectivity index (χ2v) is 4.67. The summed E-state index contributed by atoms with van der Waals surface area (Å²) in [6, 6.07) is -0.0207. The van der Waals surface area contributed by atoms with Crippen molar-refractivity contribution in [3.05, 3.63) is 16.4 Å². The van der Waals surface area contributed by atoms with Crippen LogP contribution in [0.15, 0.2) is 6.33 Å². The minimum absolute atomic E-state index is 0.0207. The van der Waals surface area contributed by atoms with Gasteiger partial charge in [0.05, 0.1) is 17.6 Å². The molecule has 0 aliphatic carbocycles. The first-order valence-electron chi connectivity index (χ1n) is 7.05. The zero-order valence-corrected chi connectivity index (χ0v) is 13.0. The number of rotatable bonds is 9. The Hall–Kier alpha value is -1.96. The van der Waals surface area contributed by atoms with Gasteiger partial charge in [-0.2, -0.15) is 0 Å². The van der Waals surface area contributed by atoms with Gasteiger partial charge in [-0.1, -0.05) is 6.92 Å². The number of likely N-dealkylation sites (N-methyl/N-ethyl adjacent to an activating group) is 1. The number of nitrogens with zero attached hydrogens (tertiary/aromatic N) is 4. The quantitative estimate of drug-likeness (QED) is 0.550. The van der Waals surface area contributed by atoms with Crippen molar-refractivity contribution in [2.75, 3.05) is 37.0 Å². The zero-order chi connectivity index (χ0) is 15.8. The fraction of sp³-hybridized carbons (Fsp3) is 0.692. The molecule has 8 heteroatoms. The topological polar surface area (TPSA) is 93.4 Å². The average molecular weight is 297 g/mol. The van der Waals surface area contributed by atoms with E-state index in [9.17, 15) is 10.1 Å². The van der Waals surface area contributed by atoms with Gasteiger partial charge in [-0.3, -0.25) is 10.1 Å². The van der Waals surface area contributed by atoms with E-state index in [2.05, 4.69) is 15.3 Å². The smallest absolute Gasteiger partial charge is 0.353 e. The van der Waals surface area contributed by atoms with Crippen LogP contribution in [-0.4, -0.2) is 47.7 Å². The lowest BCUT2D eigenvalue weighted by atomic mass is 10.2. The SMILES string of the molecule is CCCNc1ncnc(N(CC)C(C)COC)c1[N+](=O)[O-]. The summed E-state index contributed by atoms with van der Waals surface area (Å²) in [5.74, 6) is 0.579. The van der Waals surface area contributed by atoms with Gasteiger partial charge in [0.1, 0.15) is 6.33 Å². The number of nitro groups is 1. The van der Waals surface area contributed by atoms with Crippen molar-refractivity contribution >= 4 is 17.3 Å². The Morgan fingerprint density at radius 1 is 1.48 bits per heavy atom. The zero-order valence-electron chi connectivity index (χ0n) is 13.0. The van der Waals surface area contributed by atoms with Gasteiger partial charge < -0.3 is 15.0 Å². The van der Waals surface area contributed by atoms with Gasteiger partial charge in [0.2, 0.25) is 11.6 Å². The van der Waals surface area contributed by atoms with Crippen molar-refractivity contribution in [3.63, 3.8) is 0 Å². The second kappa shape index (κ2) is 8.35. The van der Waals surface area contributed by atoms with E-state index >= 15 is 0 Å². The lowest BCUT2D eigenvalue weighted by Crippen LogP contribution is -2.37. The predicted octanol–water partition coefficient (Wildman–Crippen LogP) is 2.07. The molecule has 1 atom stereocenters. The van der Waals surface area contributed by atoms with Crippen LogP contribution in [0.1, 0.15) is 27.2 Å². The summed E-state index contributed by atoms with van der Waals surface area (Å²) >= 11 is 0. The second-order valence-electron chi connectivity index (χ2n) is 4.67. The maximum atomic E-state index is 11.4. The van der Waals surface area contributed by atoms with Crippen molar-refractivity contribution in [3.8, 4) is 0 Å². The Kier molecular flexibility index (Phi) is 6.80. The van der Waals surface area contributed by atoms with Crippen LogP contribution in [-0.2, 0) is 4.74 Å². The minimum Gasteiger partial charge on any atom is -0.383 e. The molecule has 0 saturated carbocycles. The maximum Gasteiger partial charge on any atom is 0.353 e. The van der Waals surface area contributed by atoms with Crippen molar-refractivity contribution < 1.29 is 9.66 Å². The van der Waals surface area contributed by atoms with Crippen LogP contribution in [0.25, 0.3) is 0 Å². The summed E-state index contributed by atoms with van der Waals surface area (Å²) in [6.45, 7) is 7.54. The molecule has 1 unspecified atom stereocenters. The number of anilines is 2. The van der Waals surface area contributed by atoms with Crippen LogP contribution in [0.3, 0.4) is 0 Å². The first kappa shape index (κ1) is 17.1. The molecule has 0 aliphatic heterocycles. The van der Waals surface area contributed by atoms with E-state index in [1.807, 2.05) is 25.7 Å². The molecule has 0 aliphatic rings. The number of aromatic nitrogens is 2. The van der Waals surface area contributed by atoms with Gasteiger partial charge in [0.25, 0.3) is 0 Å². The fourth-order valence-electron chi connectivity index (χ4n) is 2.12. The van der Waals surface area contributed by atoms with Crippen molar-refractivity contribution in [2.45, 2.75) is 33.2 Å². The van der Waals surface area contributed by atoms with Crippen LogP contribution in [0.4, 0.5) is 17.3 Å². The van der Waals surface area contributed by atoms with Gasteiger partial charge >= 0.3 is 5.69 Å². The van der Waals surface area contributed by atoms with Gasteiger partial charge in [-0.05, 0) is 20.3 Å². The van der Waals surface area contributed by atoms with Gasteiger partial charge in [-0.25, -0.2) is 9.97 Å². The number of hydrogen-bond donors (Lipinski definition) is 1. The number of nitrogens with one attached hydrogen (secondary N) is 1. The molecule has 1 N–H and O–H groups in total. The van der Waals surface area contributed by atoms with Crippen LogP contribution < -0.4 is 10.2 Å². The molecule has 0 fully saturated rings. The van der Waals surface area contributed by atoms with E-state index in [1.165, 1.54) is 6.33 Å². The minimum atomic E-state index is -0.435. The van der Waals surface area contributed by atoms with Gasteiger partial charge in [0, 0.05) is 20.2 Å². The van der Waals surface area contributed by atoms with E-state index in [0.717, 1.165) is 6.42 Å². The molecule has 0 spiro atoms. The lowest BCUT2D eigenvalue weighted by molar-refractivity contribution is -0.383. The molecule has 0 bridgehead atoms. The lowest BCUT2D eigenvalue weighted by Gasteiger charge is -2.28. The summed E-state index contributed by atoms with van der Waals surface area (Å²) < 4.78 is 5.13. The third kappa shape index (κ3) is 4.25. The Bertz CT molecular complexity index is 469. The summed E-state index contributed by atoms with van der Waals surface area (Å²) in [6.07, 6.45) is 2.20. The molecule has 8 nitrogen and oxygen atoms in total. The van der Waals surface area contributed by atoms with E-state index in [0.29, 0.717) is 25.5 Å². The third-order valence-corrected chi connectivity index (χ3v) is 3.08. The Balaban J connectivity index is 3.23. The highest BCUT2D eigenvalue weighted by molar-refractivity contribution is 5.70. The molecule has 21 heavy (non-hydrogen) atoms. The molecule has 1 heterocycles. The molecule has 1 aromatic heterocycles. The molecular weight excluding hydrogens is 274 g/mol.